The van der Waals surface area contributed by atoms with Crippen LogP contribution in [0.4, 0.5) is 0 Å². The fourth-order valence-corrected chi connectivity index (χ4v) is 2.27. The summed E-state index contributed by atoms with van der Waals surface area (Å²) < 4.78 is 0. The monoisotopic (exact) mass is 327 g/mol. The summed E-state index contributed by atoms with van der Waals surface area (Å²) in [7, 11) is 0. The molecule has 1 rings (SSSR count). The van der Waals surface area contributed by atoms with Gasteiger partial charge in [-0.25, -0.2) is 0 Å². The number of carbonyl (C=O) groups is 1. The van der Waals surface area contributed by atoms with Crippen LogP contribution < -0.4 is 0 Å². The predicted molar refractivity (Wildman–Crippen MR) is 104 cm³/mol. The quantitative estimate of drug-likeness (QED) is 0.517. The Bertz CT molecular complexity index is 609. The molecule has 1 aromatic carbocycles. The molecule has 0 aromatic heterocycles. The molecule has 1 aromatic rings. The average molecular weight is 328 g/mol. The highest BCUT2D eigenvalue weighted by molar-refractivity contribution is 5.92. The van der Waals surface area contributed by atoms with E-state index in [0.717, 1.165) is 11.1 Å². The predicted octanol–water partition coefficient (Wildman–Crippen LogP) is 5.49. The summed E-state index contributed by atoms with van der Waals surface area (Å²) in [6.45, 7) is 23.8. The minimum Gasteiger partial charge on any atom is -0.331 e. The molecule has 0 saturated heterocycles. The molecule has 0 heterocycles. The zero-order chi connectivity index (χ0) is 18.7. The van der Waals surface area contributed by atoms with Gasteiger partial charge < -0.3 is 4.90 Å². The summed E-state index contributed by atoms with van der Waals surface area (Å²) in [5.74, 6) is -0.0136. The van der Waals surface area contributed by atoms with Crippen LogP contribution in [-0.4, -0.2) is 17.4 Å². The Labute approximate surface area is 148 Å². The van der Waals surface area contributed by atoms with Gasteiger partial charge >= 0.3 is 0 Å². The van der Waals surface area contributed by atoms with Gasteiger partial charge in [0.25, 0.3) is 0 Å². The van der Waals surface area contributed by atoms with E-state index in [9.17, 15) is 4.79 Å². The van der Waals surface area contributed by atoms with Gasteiger partial charge in [-0.2, -0.15) is 0 Å². The minimum absolute atomic E-state index is 0.0136. The number of hydrogen-bond donors (Lipinski definition) is 0. The molecule has 0 aliphatic rings. The third-order valence-electron chi connectivity index (χ3n) is 4.29. The van der Waals surface area contributed by atoms with Crippen LogP contribution in [0.25, 0.3) is 0 Å². The van der Waals surface area contributed by atoms with Crippen molar-refractivity contribution in [3.63, 3.8) is 0 Å². The molecule has 0 saturated carbocycles. The van der Waals surface area contributed by atoms with Crippen molar-refractivity contribution < 1.29 is 4.79 Å². The number of amides is 1. The van der Waals surface area contributed by atoms with Crippen LogP contribution in [0, 0.1) is 5.41 Å². The molecular formula is C22H33NO. The van der Waals surface area contributed by atoms with E-state index in [4.69, 9.17) is 0 Å². The number of carbonyl (C=O) groups excluding carboxylic acids is 1. The Morgan fingerprint density at radius 2 is 1.50 bits per heavy atom. The van der Waals surface area contributed by atoms with Crippen molar-refractivity contribution in [2.75, 3.05) is 6.54 Å². The SMILES string of the molecule is C=C(C)C(=O)N(CC(=C)C(C)(C)C)Cc1ccc(C(C)(C)C)cc1. The first-order valence-electron chi connectivity index (χ1n) is 8.55. The molecule has 0 N–H and O–H groups in total. The van der Waals surface area contributed by atoms with Crippen LogP contribution in [0.1, 0.15) is 59.6 Å². The van der Waals surface area contributed by atoms with Gasteiger partial charge in [0.15, 0.2) is 0 Å². The van der Waals surface area contributed by atoms with Crippen LogP contribution in [0.15, 0.2) is 48.6 Å². The molecule has 2 heteroatoms. The molecule has 0 aliphatic carbocycles. The fourth-order valence-electron chi connectivity index (χ4n) is 2.27. The zero-order valence-electron chi connectivity index (χ0n) is 16.5. The van der Waals surface area contributed by atoms with E-state index in [0.29, 0.717) is 18.7 Å². The lowest BCUT2D eigenvalue weighted by atomic mass is 9.86. The molecule has 0 fully saturated rings. The van der Waals surface area contributed by atoms with E-state index in [1.54, 1.807) is 6.92 Å². The standard InChI is InChI=1S/C22H33NO/c1-16(2)20(24)23(14-17(3)21(4,5)6)15-18-10-12-19(13-11-18)22(7,8)9/h10-13H,1,3,14-15H2,2,4-9H3. The van der Waals surface area contributed by atoms with Gasteiger partial charge in [-0.1, -0.05) is 84.5 Å². The van der Waals surface area contributed by atoms with Crippen molar-refractivity contribution in [3.05, 3.63) is 59.7 Å². The van der Waals surface area contributed by atoms with Crippen LogP contribution in [0.2, 0.25) is 0 Å². The van der Waals surface area contributed by atoms with Crippen molar-refractivity contribution in [1.29, 1.82) is 0 Å². The lowest BCUT2D eigenvalue weighted by Crippen LogP contribution is -2.34. The van der Waals surface area contributed by atoms with Gasteiger partial charge in [0.05, 0.1) is 0 Å². The maximum atomic E-state index is 12.5. The lowest BCUT2D eigenvalue weighted by molar-refractivity contribution is -0.127. The third kappa shape index (κ3) is 5.67. The van der Waals surface area contributed by atoms with Crippen LogP contribution in [0.5, 0.6) is 0 Å². The van der Waals surface area contributed by atoms with Crippen LogP contribution in [0.3, 0.4) is 0 Å². The van der Waals surface area contributed by atoms with E-state index >= 15 is 0 Å². The van der Waals surface area contributed by atoms with Gasteiger partial charge in [-0.05, 0) is 28.9 Å². The van der Waals surface area contributed by atoms with Crippen LogP contribution in [-0.2, 0) is 16.8 Å². The molecular weight excluding hydrogens is 294 g/mol. The summed E-state index contributed by atoms with van der Waals surface area (Å²) in [6, 6.07) is 8.52. The summed E-state index contributed by atoms with van der Waals surface area (Å²) in [4.78, 5) is 14.4. The highest BCUT2D eigenvalue weighted by atomic mass is 16.2. The lowest BCUT2D eigenvalue weighted by Gasteiger charge is -2.30. The zero-order valence-corrected chi connectivity index (χ0v) is 16.5. The van der Waals surface area contributed by atoms with Crippen molar-refractivity contribution in [1.82, 2.24) is 4.90 Å². The first kappa shape index (κ1) is 20.2. The largest absolute Gasteiger partial charge is 0.331 e. The third-order valence-corrected chi connectivity index (χ3v) is 4.29. The first-order valence-corrected chi connectivity index (χ1v) is 8.55. The number of benzene rings is 1. The maximum Gasteiger partial charge on any atom is 0.249 e. The average Bonchev–Trinajstić information content (AvgIpc) is 2.44. The van der Waals surface area contributed by atoms with Crippen molar-refractivity contribution in [2.45, 2.75) is 60.4 Å². The highest BCUT2D eigenvalue weighted by Gasteiger charge is 2.22. The molecule has 0 atom stereocenters. The summed E-state index contributed by atoms with van der Waals surface area (Å²) in [5, 5.41) is 0. The van der Waals surface area contributed by atoms with Gasteiger partial charge in [0, 0.05) is 18.7 Å². The van der Waals surface area contributed by atoms with Gasteiger partial charge in [-0.15, -0.1) is 0 Å². The summed E-state index contributed by atoms with van der Waals surface area (Å²) >= 11 is 0. The van der Waals surface area contributed by atoms with Crippen molar-refractivity contribution in [3.8, 4) is 0 Å². The Balaban J connectivity index is 2.99. The number of nitrogens with zero attached hydrogens (tertiary/aromatic N) is 1. The molecule has 0 radical (unpaired) electrons. The fraction of sp³-hybridized carbons (Fsp3) is 0.500. The van der Waals surface area contributed by atoms with Gasteiger partial charge in [0.2, 0.25) is 5.91 Å². The second kappa shape index (κ2) is 7.38. The maximum absolute atomic E-state index is 12.5. The Kier molecular flexibility index (Phi) is 6.21. The van der Waals surface area contributed by atoms with E-state index < -0.39 is 0 Å². The molecule has 132 valence electrons. The number of hydrogen-bond acceptors (Lipinski definition) is 1. The number of rotatable bonds is 5. The van der Waals surface area contributed by atoms with E-state index in [1.165, 1.54) is 5.56 Å². The molecule has 0 unspecified atom stereocenters. The van der Waals surface area contributed by atoms with Gasteiger partial charge in [-0.3, -0.25) is 4.79 Å². The smallest absolute Gasteiger partial charge is 0.249 e. The topological polar surface area (TPSA) is 20.3 Å². The highest BCUT2D eigenvalue weighted by Crippen LogP contribution is 2.26. The van der Waals surface area contributed by atoms with E-state index in [2.05, 4.69) is 79.0 Å². The second-order valence-corrected chi connectivity index (χ2v) is 8.74. The van der Waals surface area contributed by atoms with E-state index in [-0.39, 0.29) is 16.7 Å². The molecule has 0 spiro atoms. The van der Waals surface area contributed by atoms with Crippen LogP contribution >= 0.6 is 0 Å². The van der Waals surface area contributed by atoms with Gasteiger partial charge in [0.1, 0.15) is 0 Å². The summed E-state index contributed by atoms with van der Waals surface area (Å²) in [5.41, 5.74) is 4.13. The first-order chi connectivity index (χ1) is 10.8. The summed E-state index contributed by atoms with van der Waals surface area (Å²) in [6.07, 6.45) is 0. The second-order valence-electron chi connectivity index (χ2n) is 8.74. The molecule has 2 nitrogen and oxygen atoms in total. The van der Waals surface area contributed by atoms with Crippen molar-refractivity contribution >= 4 is 5.91 Å². The normalized spacial score (nSPS) is 12.0. The molecule has 1 amide bonds. The Morgan fingerprint density at radius 3 is 1.88 bits per heavy atom. The van der Waals surface area contributed by atoms with Crippen molar-refractivity contribution in [2.24, 2.45) is 5.41 Å². The molecule has 0 aliphatic heterocycles. The Morgan fingerprint density at radius 1 is 1.00 bits per heavy atom. The molecule has 0 bridgehead atoms. The minimum atomic E-state index is -0.0241. The Hall–Kier alpha value is -1.83. The molecule has 24 heavy (non-hydrogen) atoms. The van der Waals surface area contributed by atoms with E-state index in [1.807, 2.05) is 4.90 Å².